The predicted molar refractivity (Wildman–Crippen MR) is 112 cm³/mol. The molecule has 0 amide bonds. The maximum atomic E-state index is 12.9. The van der Waals surface area contributed by atoms with E-state index in [1.807, 2.05) is 0 Å². The summed E-state index contributed by atoms with van der Waals surface area (Å²) in [6.45, 7) is 10.8. The van der Waals surface area contributed by atoms with Crippen molar-refractivity contribution in [1.29, 1.82) is 0 Å². The molecule has 0 bridgehead atoms. The van der Waals surface area contributed by atoms with Crippen LogP contribution < -0.4 is 5.73 Å². The number of carbonyl (C=O) groups is 1. The number of methoxy groups -OCH3 is 1. The number of ether oxygens (including phenoxy) is 1. The second-order valence-corrected chi connectivity index (χ2v) is 15.9. The molecular formula is C20H33NO5SSi. The molecule has 0 aliphatic heterocycles. The average molecular weight is 428 g/mol. The van der Waals surface area contributed by atoms with Crippen LogP contribution in [0, 0.1) is 11.8 Å². The molecule has 0 unspecified atom stereocenters. The van der Waals surface area contributed by atoms with Crippen LogP contribution >= 0.6 is 0 Å². The summed E-state index contributed by atoms with van der Waals surface area (Å²) < 4.78 is 37.0. The number of benzene rings is 1. The van der Waals surface area contributed by atoms with E-state index in [0.29, 0.717) is 6.42 Å². The van der Waals surface area contributed by atoms with Crippen molar-refractivity contribution in [2.45, 2.75) is 62.4 Å². The third kappa shape index (κ3) is 5.22. The van der Waals surface area contributed by atoms with Gasteiger partial charge in [0, 0.05) is 12.0 Å². The Balaban J connectivity index is 2.22. The number of hydrogen-bond acceptors (Lipinski definition) is 6. The molecular weight excluding hydrogens is 394 g/mol. The maximum Gasteiger partial charge on any atom is 0.322 e. The molecule has 4 atom stereocenters. The fraction of sp³-hybridized carbons (Fsp3) is 0.650. The first-order valence-electron chi connectivity index (χ1n) is 9.59. The minimum Gasteiger partial charge on any atom is -0.468 e. The molecule has 1 aromatic rings. The van der Waals surface area contributed by atoms with Crippen molar-refractivity contribution in [2.75, 3.05) is 12.9 Å². The summed E-state index contributed by atoms with van der Waals surface area (Å²) >= 11 is 0. The van der Waals surface area contributed by atoms with Gasteiger partial charge in [-0.1, -0.05) is 39.0 Å². The van der Waals surface area contributed by atoms with Crippen molar-refractivity contribution in [3.8, 4) is 0 Å². The van der Waals surface area contributed by atoms with Gasteiger partial charge < -0.3 is 14.9 Å². The van der Waals surface area contributed by atoms with Crippen LogP contribution in [0.15, 0.2) is 35.2 Å². The Morgan fingerprint density at radius 2 is 1.82 bits per heavy atom. The standard InChI is InChI=1S/C20H33NO5SSi/c1-20(2,3)28(5,6)26-17-12-15(17)16(18(21)19(22)25-4)13-27(23,24)14-10-8-7-9-11-14/h7-11,15-18H,12-13,21H2,1-6H3/t15-,16-,17-,18+/m1/s1. The number of esters is 1. The largest absolute Gasteiger partial charge is 0.468 e. The van der Waals surface area contributed by atoms with Crippen LogP contribution in [-0.4, -0.2) is 47.7 Å². The molecule has 1 aliphatic rings. The van der Waals surface area contributed by atoms with Gasteiger partial charge in [0.05, 0.1) is 17.8 Å². The lowest BCUT2D eigenvalue weighted by molar-refractivity contribution is -0.143. The van der Waals surface area contributed by atoms with Gasteiger partial charge in [-0.15, -0.1) is 0 Å². The lowest BCUT2D eigenvalue weighted by Gasteiger charge is -2.36. The minimum absolute atomic E-state index is 0.0518. The van der Waals surface area contributed by atoms with Crippen LogP contribution in [0.25, 0.3) is 0 Å². The molecule has 6 nitrogen and oxygen atoms in total. The van der Waals surface area contributed by atoms with E-state index in [4.69, 9.17) is 14.9 Å². The first-order valence-corrected chi connectivity index (χ1v) is 14.2. The first-order chi connectivity index (χ1) is 12.8. The van der Waals surface area contributed by atoms with Gasteiger partial charge in [0.2, 0.25) is 0 Å². The fourth-order valence-electron chi connectivity index (χ4n) is 3.11. The molecule has 0 aromatic heterocycles. The zero-order valence-electron chi connectivity index (χ0n) is 17.6. The van der Waals surface area contributed by atoms with Gasteiger partial charge in [-0.05, 0) is 42.6 Å². The zero-order valence-corrected chi connectivity index (χ0v) is 19.5. The lowest BCUT2D eigenvalue weighted by atomic mass is 9.97. The van der Waals surface area contributed by atoms with Crippen molar-refractivity contribution in [1.82, 2.24) is 0 Å². The maximum absolute atomic E-state index is 12.9. The van der Waals surface area contributed by atoms with E-state index in [1.165, 1.54) is 7.11 Å². The number of hydrogen-bond donors (Lipinski definition) is 1. The first kappa shape index (κ1) is 23.1. The van der Waals surface area contributed by atoms with Crippen molar-refractivity contribution in [2.24, 2.45) is 17.6 Å². The molecule has 2 rings (SSSR count). The summed E-state index contributed by atoms with van der Waals surface area (Å²) in [5.41, 5.74) is 6.13. The van der Waals surface area contributed by atoms with Crippen molar-refractivity contribution >= 4 is 24.1 Å². The molecule has 2 N–H and O–H groups in total. The lowest BCUT2D eigenvalue weighted by Crippen LogP contribution is -2.45. The van der Waals surface area contributed by atoms with Crippen LogP contribution in [0.5, 0.6) is 0 Å². The highest BCUT2D eigenvalue weighted by Gasteiger charge is 2.52. The topological polar surface area (TPSA) is 95.7 Å². The van der Waals surface area contributed by atoms with Crippen LogP contribution in [0.1, 0.15) is 27.2 Å². The summed E-state index contributed by atoms with van der Waals surface area (Å²) in [5, 5.41) is 0.0518. The van der Waals surface area contributed by atoms with E-state index >= 15 is 0 Å². The molecule has 158 valence electrons. The Hall–Kier alpha value is -1.22. The van der Waals surface area contributed by atoms with E-state index in [-0.39, 0.29) is 27.7 Å². The highest BCUT2D eigenvalue weighted by molar-refractivity contribution is 7.91. The summed E-state index contributed by atoms with van der Waals surface area (Å²) in [7, 11) is -4.31. The van der Waals surface area contributed by atoms with Gasteiger partial charge in [-0.2, -0.15) is 0 Å². The molecule has 0 radical (unpaired) electrons. The number of nitrogens with two attached hydrogens (primary N) is 1. The van der Waals surface area contributed by atoms with Crippen LogP contribution in [0.3, 0.4) is 0 Å². The average Bonchev–Trinajstić information content (AvgIpc) is 3.36. The van der Waals surface area contributed by atoms with E-state index in [2.05, 4.69) is 33.9 Å². The number of rotatable bonds is 8. The minimum atomic E-state index is -3.58. The summed E-state index contributed by atoms with van der Waals surface area (Å²) in [6.07, 6.45) is 0.652. The molecule has 1 aromatic carbocycles. The smallest absolute Gasteiger partial charge is 0.322 e. The quantitative estimate of drug-likeness (QED) is 0.506. The SMILES string of the molecule is COC(=O)[C@@H](N)[C@H](CS(=O)(=O)c1ccccc1)[C@H]1C[C@H]1O[Si](C)(C)C(C)(C)C. The summed E-state index contributed by atoms with van der Waals surface area (Å²) in [5.74, 6) is -1.41. The van der Waals surface area contributed by atoms with Crippen LogP contribution in [0.2, 0.25) is 18.1 Å². The van der Waals surface area contributed by atoms with E-state index in [1.54, 1.807) is 30.3 Å². The Kier molecular flexibility index (Phi) is 6.80. The Labute approximate surface area is 169 Å². The van der Waals surface area contributed by atoms with Gasteiger partial charge in [-0.3, -0.25) is 4.79 Å². The van der Waals surface area contributed by atoms with E-state index in [0.717, 1.165) is 0 Å². The van der Waals surface area contributed by atoms with Gasteiger partial charge in [-0.25, -0.2) is 8.42 Å². The third-order valence-corrected chi connectivity index (χ3v) is 12.3. The Morgan fingerprint density at radius 1 is 1.25 bits per heavy atom. The number of carbonyl (C=O) groups excluding carboxylic acids is 1. The third-order valence-electron chi connectivity index (χ3n) is 6.03. The predicted octanol–water partition coefficient (Wildman–Crippen LogP) is 2.99. The van der Waals surface area contributed by atoms with Gasteiger partial charge in [0.25, 0.3) is 0 Å². The highest BCUT2D eigenvalue weighted by atomic mass is 32.2. The monoisotopic (exact) mass is 427 g/mol. The molecule has 1 saturated carbocycles. The zero-order chi connectivity index (χ0) is 21.3. The molecule has 28 heavy (non-hydrogen) atoms. The van der Waals surface area contributed by atoms with Crippen LogP contribution in [0.4, 0.5) is 0 Å². The highest BCUT2D eigenvalue weighted by Crippen LogP contribution is 2.47. The normalized spacial score (nSPS) is 22.4. The summed E-state index contributed by atoms with van der Waals surface area (Å²) in [4.78, 5) is 12.3. The van der Waals surface area contributed by atoms with Crippen molar-refractivity contribution in [3.63, 3.8) is 0 Å². The molecule has 1 fully saturated rings. The molecule has 8 heteroatoms. The summed E-state index contributed by atoms with van der Waals surface area (Å²) in [6, 6.07) is 7.26. The van der Waals surface area contributed by atoms with Gasteiger partial charge >= 0.3 is 5.97 Å². The Morgan fingerprint density at radius 3 is 2.32 bits per heavy atom. The molecule has 0 heterocycles. The molecule has 1 aliphatic carbocycles. The molecule has 0 spiro atoms. The molecule has 0 saturated heterocycles. The number of sulfone groups is 1. The van der Waals surface area contributed by atoms with Gasteiger partial charge in [0.15, 0.2) is 18.2 Å². The van der Waals surface area contributed by atoms with E-state index < -0.39 is 36.1 Å². The van der Waals surface area contributed by atoms with Crippen LogP contribution in [-0.2, 0) is 23.8 Å². The second kappa shape index (κ2) is 8.26. The van der Waals surface area contributed by atoms with Gasteiger partial charge in [0.1, 0.15) is 6.04 Å². The van der Waals surface area contributed by atoms with Crippen molar-refractivity contribution < 1.29 is 22.4 Å². The Bertz CT molecular complexity index is 789. The van der Waals surface area contributed by atoms with Crippen molar-refractivity contribution in [3.05, 3.63) is 30.3 Å². The fourth-order valence-corrected chi connectivity index (χ4v) is 6.22. The van der Waals surface area contributed by atoms with E-state index in [9.17, 15) is 13.2 Å². The second-order valence-electron chi connectivity index (χ2n) is 9.12.